The smallest absolute Gasteiger partial charge is 0.268 e. The van der Waals surface area contributed by atoms with E-state index in [0.29, 0.717) is 0 Å². The third-order valence-electron chi connectivity index (χ3n) is 1.74. The number of hydrogen-bond donors (Lipinski definition) is 1. The van der Waals surface area contributed by atoms with Gasteiger partial charge in [0.1, 0.15) is 5.75 Å². The summed E-state index contributed by atoms with van der Waals surface area (Å²) in [6, 6.07) is 2.48. The first-order valence-corrected chi connectivity index (χ1v) is 4.55. The molecule has 1 aromatic carbocycles. The van der Waals surface area contributed by atoms with Gasteiger partial charge in [-0.1, -0.05) is 15.9 Å². The zero-order valence-electron chi connectivity index (χ0n) is 7.22. The zero-order valence-corrected chi connectivity index (χ0v) is 8.81. The predicted octanol–water partition coefficient (Wildman–Crippen LogP) is 3.29. The van der Waals surface area contributed by atoms with Crippen molar-refractivity contribution in [2.24, 2.45) is 0 Å². The van der Waals surface area contributed by atoms with E-state index in [1.54, 1.807) is 0 Å². The number of alkyl halides is 2. The predicted molar refractivity (Wildman–Crippen MR) is 50.8 cm³/mol. The molecular weight excluding hydrogens is 258 g/mol. The molecule has 1 aromatic rings. The van der Waals surface area contributed by atoms with E-state index in [-0.39, 0.29) is 10.0 Å². The average molecular weight is 265 g/mol. The lowest BCUT2D eigenvalue weighted by Gasteiger charge is -2.09. The topological polar surface area (TPSA) is 37.3 Å². The van der Waals surface area contributed by atoms with Crippen molar-refractivity contribution in [1.82, 2.24) is 0 Å². The van der Waals surface area contributed by atoms with Crippen LogP contribution in [0.4, 0.5) is 8.78 Å². The highest BCUT2D eigenvalue weighted by Crippen LogP contribution is 2.35. The first kappa shape index (κ1) is 11.1. The van der Waals surface area contributed by atoms with E-state index in [1.165, 1.54) is 13.0 Å². The van der Waals surface area contributed by atoms with E-state index in [0.717, 1.165) is 6.07 Å². The van der Waals surface area contributed by atoms with Crippen molar-refractivity contribution in [2.75, 3.05) is 0 Å². The van der Waals surface area contributed by atoms with Crippen LogP contribution in [-0.2, 0) is 0 Å². The van der Waals surface area contributed by atoms with Gasteiger partial charge >= 0.3 is 0 Å². The number of phenolic OH excluding ortho intramolecular Hbond substituents is 1. The molecule has 0 amide bonds. The molecule has 0 spiro atoms. The Bertz CT molecular complexity index is 377. The number of aromatic hydroxyl groups is 1. The summed E-state index contributed by atoms with van der Waals surface area (Å²) < 4.78 is 25.3. The molecule has 1 rings (SSSR count). The van der Waals surface area contributed by atoms with Crippen LogP contribution in [0.3, 0.4) is 0 Å². The van der Waals surface area contributed by atoms with Gasteiger partial charge in [-0.25, -0.2) is 8.78 Å². The van der Waals surface area contributed by atoms with Crippen LogP contribution in [0.15, 0.2) is 16.6 Å². The lowest BCUT2D eigenvalue weighted by atomic mass is 10.0. The average Bonchev–Trinajstić information content (AvgIpc) is 2.07. The molecule has 2 nitrogen and oxygen atoms in total. The third-order valence-corrected chi connectivity index (χ3v) is 2.40. The molecule has 0 aromatic heterocycles. The van der Waals surface area contributed by atoms with Crippen molar-refractivity contribution in [3.8, 4) is 5.75 Å². The second-order valence-electron chi connectivity index (χ2n) is 2.71. The summed E-state index contributed by atoms with van der Waals surface area (Å²) in [5, 5.41) is 9.18. The van der Waals surface area contributed by atoms with Gasteiger partial charge in [-0.2, -0.15) is 0 Å². The Labute approximate surface area is 87.7 Å². The molecule has 1 N–H and O–H groups in total. The van der Waals surface area contributed by atoms with E-state index in [1.807, 2.05) is 0 Å². The summed E-state index contributed by atoms with van der Waals surface area (Å²) in [7, 11) is 0. The minimum atomic E-state index is -2.87. The molecule has 0 saturated heterocycles. The Kier molecular flexibility index (Phi) is 3.21. The highest BCUT2D eigenvalue weighted by molar-refractivity contribution is 9.10. The van der Waals surface area contributed by atoms with Gasteiger partial charge in [-0.3, -0.25) is 4.79 Å². The molecule has 0 unspecified atom stereocenters. The van der Waals surface area contributed by atoms with Crippen LogP contribution in [-0.4, -0.2) is 10.9 Å². The summed E-state index contributed by atoms with van der Waals surface area (Å²) in [4.78, 5) is 11.1. The molecule has 0 aliphatic heterocycles. The molecule has 0 fully saturated rings. The lowest BCUT2D eigenvalue weighted by Crippen LogP contribution is -2.01. The molecule has 5 heteroatoms. The van der Waals surface area contributed by atoms with Crippen molar-refractivity contribution in [2.45, 2.75) is 13.3 Å². The minimum absolute atomic E-state index is 0.167. The number of Topliss-reactive ketones (excluding diaryl/α,β-unsaturated/α-hetero) is 1. The maximum absolute atomic E-state index is 12.5. The molecule has 0 heterocycles. The summed E-state index contributed by atoms with van der Waals surface area (Å²) in [6.07, 6.45) is -2.87. The number of ketones is 1. The van der Waals surface area contributed by atoms with Crippen LogP contribution in [0.25, 0.3) is 0 Å². The molecule has 0 atom stereocenters. The van der Waals surface area contributed by atoms with Gasteiger partial charge in [0.05, 0.1) is 5.56 Å². The van der Waals surface area contributed by atoms with E-state index in [4.69, 9.17) is 0 Å². The van der Waals surface area contributed by atoms with Crippen LogP contribution in [0.1, 0.15) is 29.3 Å². The largest absolute Gasteiger partial charge is 0.507 e. The van der Waals surface area contributed by atoms with Gasteiger partial charge in [0, 0.05) is 10.0 Å². The number of rotatable bonds is 2. The molecule has 0 aliphatic carbocycles. The van der Waals surface area contributed by atoms with E-state index < -0.39 is 23.5 Å². The van der Waals surface area contributed by atoms with Crippen LogP contribution in [0.5, 0.6) is 5.75 Å². The van der Waals surface area contributed by atoms with Crippen molar-refractivity contribution < 1.29 is 18.7 Å². The van der Waals surface area contributed by atoms with Crippen molar-refractivity contribution >= 4 is 21.7 Å². The van der Waals surface area contributed by atoms with E-state index in [2.05, 4.69) is 15.9 Å². The van der Waals surface area contributed by atoms with Gasteiger partial charge in [0.25, 0.3) is 6.43 Å². The normalized spacial score (nSPS) is 10.6. The van der Waals surface area contributed by atoms with Crippen molar-refractivity contribution in [1.29, 1.82) is 0 Å². The third kappa shape index (κ3) is 1.92. The number of phenols is 1. The first-order chi connectivity index (χ1) is 6.45. The van der Waals surface area contributed by atoms with Crippen LogP contribution in [0.2, 0.25) is 0 Å². The Morgan fingerprint density at radius 1 is 1.50 bits per heavy atom. The zero-order chi connectivity index (χ0) is 10.9. The van der Waals surface area contributed by atoms with Gasteiger partial charge in [0.15, 0.2) is 5.78 Å². The molecule has 76 valence electrons. The number of benzene rings is 1. The fraction of sp³-hybridized carbons (Fsp3) is 0.222. The van der Waals surface area contributed by atoms with Crippen molar-refractivity contribution in [3.63, 3.8) is 0 Å². The summed E-state index contributed by atoms with van der Waals surface area (Å²) in [5.41, 5.74) is -0.785. The SMILES string of the molecule is CC(=O)c1c(Br)ccc(O)c1C(F)F. The molecule has 0 saturated carbocycles. The maximum atomic E-state index is 12.5. The minimum Gasteiger partial charge on any atom is -0.507 e. The Hall–Kier alpha value is -0.970. The fourth-order valence-corrected chi connectivity index (χ4v) is 1.79. The summed E-state index contributed by atoms with van der Waals surface area (Å²) in [5.74, 6) is -1.07. The highest BCUT2D eigenvalue weighted by Gasteiger charge is 2.22. The first-order valence-electron chi connectivity index (χ1n) is 3.75. The maximum Gasteiger partial charge on any atom is 0.268 e. The number of hydrogen-bond acceptors (Lipinski definition) is 2. The number of halogens is 3. The van der Waals surface area contributed by atoms with Gasteiger partial charge in [0.2, 0.25) is 0 Å². The molecule has 0 aliphatic rings. The van der Waals surface area contributed by atoms with E-state index in [9.17, 15) is 18.7 Å². The number of carbonyl (C=O) groups excluding carboxylic acids is 1. The van der Waals surface area contributed by atoms with Crippen LogP contribution in [0, 0.1) is 0 Å². The second-order valence-corrected chi connectivity index (χ2v) is 3.57. The Morgan fingerprint density at radius 3 is 2.43 bits per heavy atom. The summed E-state index contributed by atoms with van der Waals surface area (Å²) in [6.45, 7) is 1.17. The molecule has 14 heavy (non-hydrogen) atoms. The van der Waals surface area contributed by atoms with E-state index >= 15 is 0 Å². The molecule has 0 bridgehead atoms. The van der Waals surface area contributed by atoms with Crippen molar-refractivity contribution in [3.05, 3.63) is 27.7 Å². The Morgan fingerprint density at radius 2 is 2.07 bits per heavy atom. The summed E-state index contributed by atoms with van der Waals surface area (Å²) >= 11 is 2.98. The molecule has 0 radical (unpaired) electrons. The number of carbonyl (C=O) groups is 1. The van der Waals surface area contributed by atoms with Crippen LogP contribution < -0.4 is 0 Å². The molecular formula is C9H7BrF2O2. The monoisotopic (exact) mass is 264 g/mol. The van der Waals surface area contributed by atoms with Gasteiger partial charge < -0.3 is 5.11 Å². The second kappa shape index (κ2) is 4.04. The fourth-order valence-electron chi connectivity index (χ4n) is 1.16. The highest BCUT2D eigenvalue weighted by atomic mass is 79.9. The quantitative estimate of drug-likeness (QED) is 0.833. The van der Waals surface area contributed by atoms with Gasteiger partial charge in [-0.15, -0.1) is 0 Å². The van der Waals surface area contributed by atoms with Crippen LogP contribution >= 0.6 is 15.9 Å². The lowest BCUT2D eigenvalue weighted by molar-refractivity contribution is 0.0995. The Balaban J connectivity index is 3.50. The van der Waals surface area contributed by atoms with Gasteiger partial charge in [-0.05, 0) is 19.1 Å². The standard InChI is InChI=1S/C9H7BrF2O2/c1-4(13)7-5(10)2-3-6(14)8(7)9(11)12/h2-3,9,14H,1H3.